The van der Waals surface area contributed by atoms with Gasteiger partial charge in [-0.25, -0.2) is 13.8 Å². The molecule has 0 aliphatic carbocycles. The van der Waals surface area contributed by atoms with Crippen molar-refractivity contribution in [3.05, 3.63) is 69.8 Å². The summed E-state index contributed by atoms with van der Waals surface area (Å²) in [6.45, 7) is 0. The smallest absolute Gasteiger partial charge is 0.309 e. The van der Waals surface area contributed by atoms with Gasteiger partial charge < -0.3 is 9.84 Å². The highest BCUT2D eigenvalue weighted by atomic mass is 19.2. The molecule has 3 aromatic rings. The normalized spacial score (nSPS) is 17.8. The maximum Gasteiger partial charge on any atom is 0.309 e. The Morgan fingerprint density at radius 1 is 1.27 bits per heavy atom. The lowest BCUT2D eigenvalue weighted by molar-refractivity contribution is -0.145. The van der Waals surface area contributed by atoms with Crippen molar-refractivity contribution in [1.82, 2.24) is 9.55 Å². The summed E-state index contributed by atoms with van der Waals surface area (Å²) in [6.07, 6.45) is -0.605. The zero-order valence-electron chi connectivity index (χ0n) is 13.5. The van der Waals surface area contributed by atoms with E-state index in [4.69, 9.17) is 0 Å². The lowest BCUT2D eigenvalue weighted by Gasteiger charge is -2.22. The van der Waals surface area contributed by atoms with Crippen molar-refractivity contribution in [2.24, 2.45) is 0 Å². The van der Waals surface area contributed by atoms with Crippen LogP contribution in [0.25, 0.3) is 16.6 Å². The number of ether oxygens (including phenoxy) is 1. The number of hydrogen-bond acceptors (Lipinski definition) is 5. The monoisotopic (exact) mass is 358 g/mol. The van der Waals surface area contributed by atoms with E-state index in [0.717, 1.165) is 23.8 Å². The van der Waals surface area contributed by atoms with Crippen molar-refractivity contribution in [2.45, 2.75) is 12.0 Å². The highest BCUT2D eigenvalue weighted by Gasteiger charge is 2.47. The molecule has 2 heterocycles. The van der Waals surface area contributed by atoms with E-state index in [1.807, 2.05) is 0 Å². The Morgan fingerprint density at radius 3 is 2.69 bits per heavy atom. The lowest BCUT2D eigenvalue weighted by Crippen LogP contribution is -2.32. The fraction of sp³-hybridized carbons (Fsp3) is 0.167. The molecule has 6 nitrogen and oxygen atoms in total. The van der Waals surface area contributed by atoms with Crippen LogP contribution >= 0.6 is 0 Å². The Labute approximate surface area is 145 Å². The third-order valence-electron chi connectivity index (χ3n) is 4.50. The minimum atomic E-state index is -2.12. The van der Waals surface area contributed by atoms with E-state index in [1.165, 1.54) is 6.07 Å². The zero-order chi connectivity index (χ0) is 18.6. The first-order valence-electron chi connectivity index (χ1n) is 7.68. The van der Waals surface area contributed by atoms with E-state index in [-0.39, 0.29) is 22.5 Å². The highest BCUT2D eigenvalue weighted by molar-refractivity contribution is 5.80. The van der Waals surface area contributed by atoms with Gasteiger partial charge in [-0.3, -0.25) is 14.2 Å². The predicted octanol–water partition coefficient (Wildman–Crippen LogP) is 1.78. The molecular weight excluding hydrogens is 346 g/mol. The average molecular weight is 358 g/mol. The van der Waals surface area contributed by atoms with Crippen LogP contribution in [0.4, 0.5) is 8.78 Å². The zero-order valence-corrected chi connectivity index (χ0v) is 13.5. The molecule has 0 amide bonds. The second kappa shape index (κ2) is 5.43. The first-order chi connectivity index (χ1) is 12.4. The number of methoxy groups -OCH3 is 1. The number of carbonyl (C=O) groups is 1. The number of rotatable bonds is 2. The molecular formula is C18H12F2N2O4. The van der Waals surface area contributed by atoms with Crippen LogP contribution in [0.3, 0.4) is 0 Å². The Bertz CT molecular complexity index is 1140. The van der Waals surface area contributed by atoms with Gasteiger partial charge in [0.2, 0.25) is 0 Å². The van der Waals surface area contributed by atoms with Crippen LogP contribution < -0.4 is 5.56 Å². The summed E-state index contributed by atoms with van der Waals surface area (Å²) in [6, 6.07) is 7.98. The number of fused-ring (bicyclic) bond motifs is 4. The van der Waals surface area contributed by atoms with E-state index in [0.29, 0.717) is 5.52 Å². The SMILES string of the molecule is COC(=O)CC1(O)c2cc(F)c(F)cc2-n2c1nc1ccccc1c2=O. The molecule has 0 radical (unpaired) electrons. The van der Waals surface area contributed by atoms with Gasteiger partial charge >= 0.3 is 5.97 Å². The fourth-order valence-electron chi connectivity index (χ4n) is 3.26. The van der Waals surface area contributed by atoms with Crippen molar-refractivity contribution in [3.63, 3.8) is 0 Å². The molecule has 132 valence electrons. The largest absolute Gasteiger partial charge is 0.469 e. The molecule has 1 aliphatic rings. The molecule has 0 fully saturated rings. The van der Waals surface area contributed by atoms with Crippen LogP contribution in [0, 0.1) is 11.6 Å². The number of benzene rings is 2. The first-order valence-corrected chi connectivity index (χ1v) is 7.68. The molecule has 26 heavy (non-hydrogen) atoms. The third-order valence-corrected chi connectivity index (χ3v) is 4.50. The van der Waals surface area contributed by atoms with Crippen LogP contribution in [0.2, 0.25) is 0 Å². The van der Waals surface area contributed by atoms with E-state index in [2.05, 4.69) is 9.72 Å². The van der Waals surface area contributed by atoms with E-state index in [9.17, 15) is 23.5 Å². The van der Waals surface area contributed by atoms with Crippen LogP contribution in [-0.4, -0.2) is 27.7 Å². The van der Waals surface area contributed by atoms with Gasteiger partial charge in [-0.1, -0.05) is 12.1 Å². The van der Waals surface area contributed by atoms with Crippen LogP contribution in [0.1, 0.15) is 17.8 Å². The minimum absolute atomic E-state index is 0.0615. The second-order valence-electron chi connectivity index (χ2n) is 5.99. The molecule has 2 aromatic carbocycles. The molecule has 1 aromatic heterocycles. The number of para-hydroxylation sites is 1. The van der Waals surface area contributed by atoms with Crippen LogP contribution in [-0.2, 0) is 15.1 Å². The molecule has 1 atom stereocenters. The molecule has 1 unspecified atom stereocenters. The minimum Gasteiger partial charge on any atom is -0.469 e. The lowest BCUT2D eigenvalue weighted by atomic mass is 9.91. The molecule has 4 rings (SSSR count). The first kappa shape index (κ1) is 16.3. The van der Waals surface area contributed by atoms with Gasteiger partial charge in [0.05, 0.1) is 30.1 Å². The molecule has 0 saturated carbocycles. The predicted molar refractivity (Wildman–Crippen MR) is 86.9 cm³/mol. The van der Waals surface area contributed by atoms with Crippen molar-refractivity contribution < 1.29 is 23.4 Å². The summed E-state index contributed by atoms with van der Waals surface area (Å²) in [5.41, 5.74) is -2.57. The number of esters is 1. The number of halogens is 2. The van der Waals surface area contributed by atoms with Gasteiger partial charge in [-0.05, 0) is 18.2 Å². The molecule has 0 saturated heterocycles. The summed E-state index contributed by atoms with van der Waals surface area (Å²) in [4.78, 5) is 29.0. The number of nitrogens with zero attached hydrogens (tertiary/aromatic N) is 2. The van der Waals surface area contributed by atoms with Gasteiger partial charge in [0.25, 0.3) is 5.56 Å². The maximum atomic E-state index is 13.8. The van der Waals surface area contributed by atoms with Crippen molar-refractivity contribution in [3.8, 4) is 5.69 Å². The highest BCUT2D eigenvalue weighted by Crippen LogP contribution is 2.42. The summed E-state index contributed by atoms with van der Waals surface area (Å²) in [5, 5.41) is 11.4. The Balaban J connectivity index is 2.13. The fourth-order valence-corrected chi connectivity index (χ4v) is 3.26. The molecule has 0 spiro atoms. The summed E-state index contributed by atoms with van der Waals surface area (Å²) < 4.78 is 33.2. The third kappa shape index (κ3) is 2.08. The maximum absolute atomic E-state index is 13.8. The molecule has 1 aliphatic heterocycles. The summed E-state index contributed by atoms with van der Waals surface area (Å²) in [5.74, 6) is -3.37. The quantitative estimate of drug-likeness (QED) is 0.706. The van der Waals surface area contributed by atoms with Gasteiger partial charge in [0.1, 0.15) is 0 Å². The van der Waals surface area contributed by atoms with Crippen molar-refractivity contribution in [1.29, 1.82) is 0 Å². The molecule has 0 bridgehead atoms. The van der Waals surface area contributed by atoms with Gasteiger partial charge in [-0.2, -0.15) is 0 Å². The Kier molecular flexibility index (Phi) is 3.42. The van der Waals surface area contributed by atoms with Gasteiger partial charge in [0.15, 0.2) is 23.1 Å². The number of carbonyl (C=O) groups excluding carboxylic acids is 1. The van der Waals surface area contributed by atoms with Crippen LogP contribution in [0.15, 0.2) is 41.2 Å². The standard InChI is InChI=1S/C18H12F2N2O4/c1-26-15(23)8-18(25)10-6-11(19)12(20)7-14(10)22-16(24)9-4-2-3-5-13(9)21-17(18)22/h2-7,25H,8H2,1H3. The molecule has 8 heteroatoms. The summed E-state index contributed by atoms with van der Waals surface area (Å²) >= 11 is 0. The Morgan fingerprint density at radius 2 is 1.96 bits per heavy atom. The van der Waals surface area contributed by atoms with Gasteiger partial charge in [0, 0.05) is 11.6 Å². The number of hydrogen-bond donors (Lipinski definition) is 1. The average Bonchev–Trinajstić information content (AvgIpc) is 2.84. The van der Waals surface area contributed by atoms with Gasteiger partial charge in [-0.15, -0.1) is 0 Å². The van der Waals surface area contributed by atoms with E-state index >= 15 is 0 Å². The van der Waals surface area contributed by atoms with Crippen molar-refractivity contribution in [2.75, 3.05) is 7.11 Å². The second-order valence-corrected chi connectivity index (χ2v) is 5.99. The van der Waals surface area contributed by atoms with E-state index in [1.54, 1.807) is 18.2 Å². The van der Waals surface area contributed by atoms with Crippen molar-refractivity contribution >= 4 is 16.9 Å². The van der Waals surface area contributed by atoms with E-state index < -0.39 is 35.2 Å². The topological polar surface area (TPSA) is 81.4 Å². The Hall–Kier alpha value is -3.13. The number of aliphatic hydroxyl groups is 1. The summed E-state index contributed by atoms with van der Waals surface area (Å²) in [7, 11) is 1.13. The number of aromatic nitrogens is 2. The van der Waals surface area contributed by atoms with Crippen LogP contribution in [0.5, 0.6) is 0 Å². The molecule has 1 N–H and O–H groups in total.